The molecule has 0 atom stereocenters. The molecule has 1 aromatic heterocycles. The monoisotopic (exact) mass is 249 g/mol. The van der Waals surface area contributed by atoms with E-state index in [0.29, 0.717) is 10.6 Å². The van der Waals surface area contributed by atoms with Gasteiger partial charge in [-0.05, 0) is 12.5 Å². The van der Waals surface area contributed by atoms with Crippen LogP contribution < -0.4 is 4.87 Å². The van der Waals surface area contributed by atoms with E-state index in [0.717, 1.165) is 16.9 Å². The highest BCUT2D eigenvalue weighted by molar-refractivity contribution is 7.11. The van der Waals surface area contributed by atoms with Crippen molar-refractivity contribution < 1.29 is 9.53 Å². The van der Waals surface area contributed by atoms with Crippen LogP contribution in [0.3, 0.4) is 0 Å². The molecule has 0 spiro atoms. The summed E-state index contributed by atoms with van der Waals surface area (Å²) in [5.41, 5.74) is 1.47. The molecule has 0 fully saturated rings. The van der Waals surface area contributed by atoms with Gasteiger partial charge in [-0.15, -0.1) is 0 Å². The van der Waals surface area contributed by atoms with Gasteiger partial charge in [0.2, 0.25) is 0 Å². The molecule has 2 rings (SSSR count). The number of esters is 1. The Labute approximate surface area is 102 Å². The molecule has 0 unspecified atom stereocenters. The summed E-state index contributed by atoms with van der Waals surface area (Å²) in [5, 5.41) is 0. The van der Waals surface area contributed by atoms with Crippen molar-refractivity contribution in [1.29, 1.82) is 0 Å². The minimum atomic E-state index is -0.463. The number of hydrogen-bond donors (Lipinski definition) is 1. The average molecular weight is 249 g/mol. The lowest BCUT2D eigenvalue weighted by atomic mass is 10.2. The summed E-state index contributed by atoms with van der Waals surface area (Å²) in [6, 6.07) is 9.40. The van der Waals surface area contributed by atoms with Gasteiger partial charge in [-0.25, -0.2) is 4.79 Å². The zero-order chi connectivity index (χ0) is 12.3. The predicted molar refractivity (Wildman–Crippen MR) is 65.2 cm³/mol. The van der Waals surface area contributed by atoms with Gasteiger partial charge in [-0.2, -0.15) is 0 Å². The van der Waals surface area contributed by atoms with Crippen LogP contribution in [0.1, 0.15) is 20.9 Å². The van der Waals surface area contributed by atoms with E-state index in [2.05, 4.69) is 4.98 Å². The van der Waals surface area contributed by atoms with E-state index in [-0.39, 0.29) is 11.5 Å². The molecule has 17 heavy (non-hydrogen) atoms. The van der Waals surface area contributed by atoms with Gasteiger partial charge in [0.1, 0.15) is 11.5 Å². The molecule has 1 aromatic carbocycles. The summed E-state index contributed by atoms with van der Waals surface area (Å²) in [5.74, 6) is -0.463. The van der Waals surface area contributed by atoms with E-state index in [4.69, 9.17) is 4.74 Å². The molecule has 0 aliphatic carbocycles. The minimum Gasteiger partial charge on any atom is -0.457 e. The number of hydrogen-bond acceptors (Lipinski definition) is 4. The highest BCUT2D eigenvalue weighted by Crippen LogP contribution is 2.11. The maximum absolute atomic E-state index is 11.7. The second kappa shape index (κ2) is 4.97. The van der Waals surface area contributed by atoms with E-state index >= 15 is 0 Å². The Kier molecular flexibility index (Phi) is 3.39. The van der Waals surface area contributed by atoms with E-state index in [1.807, 2.05) is 30.3 Å². The van der Waals surface area contributed by atoms with E-state index in [1.165, 1.54) is 0 Å². The summed E-state index contributed by atoms with van der Waals surface area (Å²) in [6.07, 6.45) is 0. The normalized spacial score (nSPS) is 10.2. The topological polar surface area (TPSA) is 59.2 Å². The molecule has 1 N–H and O–H groups in total. The fourth-order valence-corrected chi connectivity index (χ4v) is 2.12. The predicted octanol–water partition coefficient (Wildman–Crippen LogP) is 2.10. The molecule has 0 bridgehead atoms. The number of aryl methyl sites for hydroxylation is 1. The first-order valence-electron chi connectivity index (χ1n) is 5.07. The van der Waals surface area contributed by atoms with Crippen LogP contribution in [0.2, 0.25) is 0 Å². The second-order valence-electron chi connectivity index (χ2n) is 3.53. The molecular weight excluding hydrogens is 238 g/mol. The number of aromatic amines is 1. The van der Waals surface area contributed by atoms with Crippen molar-refractivity contribution in [3.63, 3.8) is 0 Å². The lowest BCUT2D eigenvalue weighted by Gasteiger charge is -2.03. The number of nitrogens with one attached hydrogen (secondary N) is 1. The van der Waals surface area contributed by atoms with Gasteiger partial charge in [-0.3, -0.25) is 4.79 Å². The fourth-order valence-electron chi connectivity index (χ4n) is 1.39. The number of rotatable bonds is 3. The quantitative estimate of drug-likeness (QED) is 0.847. The highest BCUT2D eigenvalue weighted by atomic mass is 32.1. The lowest BCUT2D eigenvalue weighted by Crippen LogP contribution is -2.04. The Bertz CT molecular complexity index is 571. The smallest absolute Gasteiger partial charge is 0.350 e. The van der Waals surface area contributed by atoms with Gasteiger partial charge in [0.15, 0.2) is 0 Å². The summed E-state index contributed by atoms with van der Waals surface area (Å²) in [4.78, 5) is 25.4. The van der Waals surface area contributed by atoms with Gasteiger partial charge < -0.3 is 9.72 Å². The van der Waals surface area contributed by atoms with Gasteiger partial charge in [0.25, 0.3) is 0 Å². The van der Waals surface area contributed by atoms with E-state index in [9.17, 15) is 9.59 Å². The molecular formula is C12H11NO3S. The third kappa shape index (κ3) is 2.82. The average Bonchev–Trinajstić information content (AvgIpc) is 2.67. The summed E-state index contributed by atoms with van der Waals surface area (Å²) >= 11 is 0.872. The second-order valence-corrected chi connectivity index (χ2v) is 4.51. The van der Waals surface area contributed by atoms with Gasteiger partial charge >= 0.3 is 10.8 Å². The van der Waals surface area contributed by atoms with Crippen LogP contribution in [-0.4, -0.2) is 11.0 Å². The Morgan fingerprint density at radius 1 is 1.35 bits per heavy atom. The summed E-state index contributed by atoms with van der Waals surface area (Å²) < 4.78 is 5.12. The molecule has 0 amide bonds. The molecule has 88 valence electrons. The van der Waals surface area contributed by atoms with Crippen molar-refractivity contribution in [2.24, 2.45) is 0 Å². The lowest BCUT2D eigenvalue weighted by molar-refractivity contribution is 0.0477. The molecule has 0 aliphatic rings. The zero-order valence-electron chi connectivity index (χ0n) is 9.23. The van der Waals surface area contributed by atoms with Crippen molar-refractivity contribution >= 4 is 17.3 Å². The van der Waals surface area contributed by atoms with Crippen molar-refractivity contribution in [3.8, 4) is 0 Å². The highest BCUT2D eigenvalue weighted by Gasteiger charge is 2.14. The number of aromatic nitrogens is 1. The summed E-state index contributed by atoms with van der Waals surface area (Å²) in [6.45, 7) is 1.89. The maximum atomic E-state index is 11.7. The molecule has 0 aliphatic heterocycles. The summed E-state index contributed by atoms with van der Waals surface area (Å²) in [7, 11) is 0. The van der Waals surface area contributed by atoms with Crippen LogP contribution in [-0.2, 0) is 11.3 Å². The van der Waals surface area contributed by atoms with Crippen LogP contribution in [0.25, 0.3) is 0 Å². The van der Waals surface area contributed by atoms with Crippen LogP contribution >= 0.6 is 11.3 Å². The first kappa shape index (κ1) is 11.6. The molecule has 5 heteroatoms. The van der Waals surface area contributed by atoms with Crippen LogP contribution in [0.15, 0.2) is 35.1 Å². The molecule has 1 heterocycles. The Hall–Kier alpha value is -1.88. The van der Waals surface area contributed by atoms with Crippen molar-refractivity contribution in [2.45, 2.75) is 13.5 Å². The first-order valence-corrected chi connectivity index (χ1v) is 5.89. The SMILES string of the molecule is Cc1[nH]c(=O)sc1C(=O)OCc1ccccc1. The molecule has 0 radical (unpaired) electrons. The standard InChI is InChI=1S/C12H11NO3S/c1-8-10(17-12(15)13-8)11(14)16-7-9-5-3-2-4-6-9/h2-6H,7H2,1H3,(H,13,15). The van der Waals surface area contributed by atoms with Gasteiger partial charge in [-0.1, -0.05) is 41.7 Å². The number of thiazole rings is 1. The number of carbonyl (C=O) groups excluding carboxylic acids is 1. The molecule has 0 saturated heterocycles. The third-order valence-corrected chi connectivity index (χ3v) is 3.19. The zero-order valence-corrected chi connectivity index (χ0v) is 10.0. The molecule has 0 saturated carbocycles. The van der Waals surface area contributed by atoms with Crippen LogP contribution in [0.4, 0.5) is 0 Å². The fraction of sp³-hybridized carbons (Fsp3) is 0.167. The number of carbonyl (C=O) groups is 1. The molecule has 2 aromatic rings. The number of benzene rings is 1. The van der Waals surface area contributed by atoms with Gasteiger partial charge in [0.05, 0.1) is 0 Å². The van der Waals surface area contributed by atoms with Crippen LogP contribution in [0, 0.1) is 6.92 Å². The largest absolute Gasteiger partial charge is 0.457 e. The minimum absolute atomic E-state index is 0.213. The van der Waals surface area contributed by atoms with E-state index < -0.39 is 5.97 Å². The van der Waals surface area contributed by atoms with Crippen molar-refractivity contribution in [1.82, 2.24) is 4.98 Å². The Morgan fingerprint density at radius 3 is 2.65 bits per heavy atom. The third-order valence-electron chi connectivity index (χ3n) is 2.22. The Morgan fingerprint density at radius 2 is 2.06 bits per heavy atom. The van der Waals surface area contributed by atoms with Crippen LogP contribution in [0.5, 0.6) is 0 Å². The number of H-pyrrole nitrogens is 1. The first-order chi connectivity index (χ1) is 8.16. The van der Waals surface area contributed by atoms with Crippen molar-refractivity contribution in [3.05, 3.63) is 56.1 Å². The van der Waals surface area contributed by atoms with Gasteiger partial charge in [0, 0.05) is 5.69 Å². The number of ether oxygens (including phenoxy) is 1. The Balaban J connectivity index is 2.03. The van der Waals surface area contributed by atoms with E-state index in [1.54, 1.807) is 6.92 Å². The van der Waals surface area contributed by atoms with Crippen molar-refractivity contribution in [2.75, 3.05) is 0 Å². The maximum Gasteiger partial charge on any atom is 0.350 e. The molecule has 4 nitrogen and oxygen atoms in total.